The van der Waals surface area contributed by atoms with Gasteiger partial charge in [-0.25, -0.2) is 4.79 Å². The van der Waals surface area contributed by atoms with Crippen LogP contribution in [0.15, 0.2) is 0 Å². The average Bonchev–Trinajstić information content (AvgIpc) is 2.46. The molecule has 1 unspecified atom stereocenters. The largest absolute Gasteiger partial charge is 0.464 e. The van der Waals surface area contributed by atoms with Gasteiger partial charge in [0.1, 0.15) is 24.4 Å². The molecule has 6 atom stereocenters. The molecule has 0 saturated carbocycles. The lowest BCUT2D eigenvalue weighted by Gasteiger charge is -2.42. The molecule has 9 heteroatoms. The van der Waals surface area contributed by atoms with E-state index in [1.54, 1.807) is 6.92 Å². The molecule has 1 heterocycles. The maximum absolute atomic E-state index is 11.6. The molecule has 1 aliphatic rings. The molecule has 0 aromatic heterocycles. The molecule has 1 aliphatic heterocycles. The van der Waals surface area contributed by atoms with Crippen LogP contribution in [0.3, 0.4) is 0 Å². The lowest BCUT2D eigenvalue weighted by atomic mass is 9.97. The molecule has 128 valence electrons. The van der Waals surface area contributed by atoms with Crippen LogP contribution >= 0.6 is 0 Å². The molecule has 0 aliphatic carbocycles. The van der Waals surface area contributed by atoms with E-state index in [1.807, 2.05) is 0 Å². The fourth-order valence-electron chi connectivity index (χ4n) is 2.10. The average molecular weight is 321 g/mol. The summed E-state index contributed by atoms with van der Waals surface area (Å²) < 4.78 is 15.5. The number of aliphatic hydroxyl groups excluding tert-OH is 3. The van der Waals surface area contributed by atoms with Crippen molar-refractivity contribution in [3.63, 3.8) is 0 Å². The number of nitrogens with one attached hydrogen (secondary N) is 1. The summed E-state index contributed by atoms with van der Waals surface area (Å²) in [4.78, 5) is 22.8. The standard InChI is InChI=1S/C13H23NO8/c1-4-20-12(19)6(2)21-13-9(14-7(3)16)11(18)10(17)8(5-15)22-13/h6,8-11,13,15,17-18H,4-5H2,1-3H3,(H,14,16)/t6?,8-,9-,10-,11-,13-/m1/s1. The number of carbonyl (C=O) groups excluding carboxylic acids is 2. The number of aliphatic hydroxyl groups is 3. The number of esters is 1. The summed E-state index contributed by atoms with van der Waals surface area (Å²) in [7, 11) is 0. The third-order valence-corrected chi connectivity index (χ3v) is 3.21. The summed E-state index contributed by atoms with van der Waals surface area (Å²) in [5, 5.41) is 31.5. The Hall–Kier alpha value is -1.26. The topological polar surface area (TPSA) is 135 Å². The zero-order chi connectivity index (χ0) is 16.9. The fraction of sp³-hybridized carbons (Fsp3) is 0.846. The third kappa shape index (κ3) is 4.62. The zero-order valence-electron chi connectivity index (χ0n) is 12.8. The van der Waals surface area contributed by atoms with Crippen LogP contribution in [0.1, 0.15) is 20.8 Å². The molecule has 1 fully saturated rings. The number of rotatable bonds is 6. The normalized spacial score (nSPS) is 33.1. The van der Waals surface area contributed by atoms with Gasteiger partial charge in [0, 0.05) is 6.92 Å². The molecule has 0 spiro atoms. The summed E-state index contributed by atoms with van der Waals surface area (Å²) in [6, 6.07) is -1.09. The van der Waals surface area contributed by atoms with Gasteiger partial charge in [-0.2, -0.15) is 0 Å². The monoisotopic (exact) mass is 321 g/mol. The summed E-state index contributed by atoms with van der Waals surface area (Å²) in [6.45, 7) is 3.91. The lowest BCUT2D eigenvalue weighted by Crippen LogP contribution is -2.65. The van der Waals surface area contributed by atoms with E-state index >= 15 is 0 Å². The van der Waals surface area contributed by atoms with Gasteiger partial charge in [0.25, 0.3) is 0 Å². The summed E-state index contributed by atoms with van der Waals surface area (Å²) >= 11 is 0. The second-order valence-electron chi connectivity index (χ2n) is 4.96. The van der Waals surface area contributed by atoms with Crippen molar-refractivity contribution in [3.05, 3.63) is 0 Å². The Balaban J connectivity index is 2.84. The third-order valence-electron chi connectivity index (χ3n) is 3.21. The number of hydrogen-bond donors (Lipinski definition) is 4. The van der Waals surface area contributed by atoms with Crippen molar-refractivity contribution in [2.75, 3.05) is 13.2 Å². The minimum Gasteiger partial charge on any atom is -0.464 e. The van der Waals surface area contributed by atoms with Crippen LogP contribution in [0, 0.1) is 0 Å². The van der Waals surface area contributed by atoms with E-state index in [4.69, 9.17) is 19.3 Å². The highest BCUT2D eigenvalue weighted by molar-refractivity contribution is 5.74. The molecule has 9 nitrogen and oxygen atoms in total. The van der Waals surface area contributed by atoms with E-state index in [-0.39, 0.29) is 6.61 Å². The molecule has 0 aromatic carbocycles. The minimum absolute atomic E-state index is 0.174. The Morgan fingerprint density at radius 3 is 2.45 bits per heavy atom. The van der Waals surface area contributed by atoms with Crippen LogP contribution in [0.25, 0.3) is 0 Å². The SMILES string of the molecule is CCOC(=O)C(C)O[C@@H]1O[C@H](CO)[C@@H](O)[C@H](O)[C@H]1NC(C)=O. The first kappa shape index (κ1) is 18.8. The molecule has 0 radical (unpaired) electrons. The molecule has 1 saturated heterocycles. The maximum Gasteiger partial charge on any atom is 0.335 e. The Bertz CT molecular complexity index is 390. The summed E-state index contributed by atoms with van der Waals surface area (Å²) in [6.07, 6.45) is -6.16. The molecule has 22 heavy (non-hydrogen) atoms. The molecule has 1 rings (SSSR count). The van der Waals surface area contributed by atoms with Crippen molar-refractivity contribution in [1.29, 1.82) is 0 Å². The smallest absolute Gasteiger partial charge is 0.335 e. The second-order valence-corrected chi connectivity index (χ2v) is 4.96. The van der Waals surface area contributed by atoms with Crippen LogP contribution < -0.4 is 5.32 Å². The lowest BCUT2D eigenvalue weighted by molar-refractivity contribution is -0.280. The Kier molecular flexibility index (Phi) is 7.17. The van der Waals surface area contributed by atoms with E-state index in [0.29, 0.717) is 0 Å². The van der Waals surface area contributed by atoms with E-state index in [1.165, 1.54) is 13.8 Å². The predicted octanol–water partition coefficient (Wildman–Crippen LogP) is -2.10. The van der Waals surface area contributed by atoms with Crippen LogP contribution in [0.4, 0.5) is 0 Å². The van der Waals surface area contributed by atoms with Gasteiger partial charge in [0.05, 0.1) is 13.2 Å². The number of amides is 1. The molecular weight excluding hydrogens is 298 g/mol. The predicted molar refractivity (Wildman–Crippen MR) is 72.5 cm³/mol. The van der Waals surface area contributed by atoms with Crippen LogP contribution in [0.5, 0.6) is 0 Å². The minimum atomic E-state index is -1.42. The highest BCUT2D eigenvalue weighted by Crippen LogP contribution is 2.23. The van der Waals surface area contributed by atoms with Gasteiger partial charge in [-0.05, 0) is 13.8 Å². The summed E-state index contributed by atoms with van der Waals surface area (Å²) in [5.74, 6) is -1.10. The molecule has 0 bridgehead atoms. The van der Waals surface area contributed by atoms with Crippen molar-refractivity contribution in [2.24, 2.45) is 0 Å². The van der Waals surface area contributed by atoms with E-state index in [2.05, 4.69) is 5.32 Å². The van der Waals surface area contributed by atoms with Crippen molar-refractivity contribution >= 4 is 11.9 Å². The second kappa shape index (κ2) is 8.39. The van der Waals surface area contributed by atoms with Gasteiger partial charge < -0.3 is 34.8 Å². The van der Waals surface area contributed by atoms with Gasteiger partial charge >= 0.3 is 5.97 Å². The number of carbonyl (C=O) groups is 2. The number of ether oxygens (including phenoxy) is 3. The first-order valence-electron chi connectivity index (χ1n) is 7.03. The van der Waals surface area contributed by atoms with Gasteiger partial charge in [-0.3, -0.25) is 4.79 Å². The highest BCUT2D eigenvalue weighted by atomic mass is 16.7. The highest BCUT2D eigenvalue weighted by Gasteiger charge is 2.46. The summed E-state index contributed by atoms with van der Waals surface area (Å²) in [5.41, 5.74) is 0. The van der Waals surface area contributed by atoms with Gasteiger partial charge in [0.2, 0.25) is 5.91 Å². The maximum atomic E-state index is 11.6. The van der Waals surface area contributed by atoms with Gasteiger partial charge in [-0.1, -0.05) is 0 Å². The number of hydrogen-bond acceptors (Lipinski definition) is 8. The Morgan fingerprint density at radius 1 is 1.32 bits per heavy atom. The fourth-order valence-corrected chi connectivity index (χ4v) is 2.10. The van der Waals surface area contributed by atoms with Gasteiger partial charge in [0.15, 0.2) is 12.4 Å². The first-order chi connectivity index (χ1) is 10.3. The van der Waals surface area contributed by atoms with Crippen LogP contribution in [-0.4, -0.2) is 77.2 Å². The Labute approximate surface area is 128 Å². The van der Waals surface area contributed by atoms with E-state index in [0.717, 1.165) is 0 Å². The van der Waals surface area contributed by atoms with Crippen molar-refractivity contribution in [2.45, 2.75) is 57.5 Å². The first-order valence-corrected chi connectivity index (χ1v) is 7.03. The quantitative estimate of drug-likeness (QED) is 0.409. The van der Waals surface area contributed by atoms with Gasteiger partial charge in [-0.15, -0.1) is 0 Å². The van der Waals surface area contributed by atoms with E-state index < -0.39 is 55.2 Å². The van der Waals surface area contributed by atoms with Crippen molar-refractivity contribution in [3.8, 4) is 0 Å². The zero-order valence-corrected chi connectivity index (χ0v) is 12.8. The molecular formula is C13H23NO8. The van der Waals surface area contributed by atoms with Crippen LogP contribution in [0.2, 0.25) is 0 Å². The van der Waals surface area contributed by atoms with Crippen molar-refractivity contribution in [1.82, 2.24) is 5.32 Å². The molecule has 1 amide bonds. The molecule has 4 N–H and O–H groups in total. The van der Waals surface area contributed by atoms with Crippen LogP contribution in [-0.2, 0) is 23.8 Å². The van der Waals surface area contributed by atoms with Crippen molar-refractivity contribution < 1.29 is 39.1 Å². The van der Waals surface area contributed by atoms with E-state index in [9.17, 15) is 19.8 Å². The Morgan fingerprint density at radius 2 is 1.95 bits per heavy atom. The molecule has 0 aromatic rings.